The fourth-order valence-electron chi connectivity index (χ4n) is 4.23. The molecule has 0 aliphatic carbocycles. The maximum Gasteiger partial charge on any atom is 0.329 e. The Balaban J connectivity index is 1.91. The predicted molar refractivity (Wildman–Crippen MR) is 135 cm³/mol. The van der Waals surface area contributed by atoms with Crippen LogP contribution < -0.4 is 5.73 Å². The Morgan fingerprint density at radius 1 is 1.00 bits per heavy atom. The molecule has 1 aliphatic heterocycles. The number of carbonyl (C=O) groups excluding carboxylic acids is 3. The number of unbranched alkanes of at least 4 members (excludes halogenated alkanes) is 5. The summed E-state index contributed by atoms with van der Waals surface area (Å²) in [4.78, 5) is 38.8. The maximum absolute atomic E-state index is 13.1. The molecule has 2 amide bonds. The minimum atomic E-state index is -0.608. The van der Waals surface area contributed by atoms with Gasteiger partial charge in [0.15, 0.2) is 0 Å². The second-order valence-electron chi connectivity index (χ2n) is 9.56. The third-order valence-corrected chi connectivity index (χ3v) is 6.58. The van der Waals surface area contributed by atoms with Crippen molar-refractivity contribution < 1.29 is 19.1 Å². The number of aryl methyl sites for hydroxylation is 1. The van der Waals surface area contributed by atoms with E-state index >= 15 is 0 Å². The van der Waals surface area contributed by atoms with Crippen molar-refractivity contribution in [3.63, 3.8) is 0 Å². The quantitative estimate of drug-likeness (QED) is 0.264. The first-order chi connectivity index (χ1) is 16.3. The topological polar surface area (TPSA) is 89.7 Å². The highest BCUT2D eigenvalue weighted by Crippen LogP contribution is 2.23. The van der Waals surface area contributed by atoms with E-state index in [0.29, 0.717) is 12.0 Å². The zero-order valence-corrected chi connectivity index (χ0v) is 21.1. The molecule has 0 bridgehead atoms. The van der Waals surface area contributed by atoms with Gasteiger partial charge in [-0.25, -0.2) is 4.79 Å². The average Bonchev–Trinajstić information content (AvgIpc) is 3.31. The average molecular weight is 471 g/mol. The van der Waals surface area contributed by atoms with E-state index in [9.17, 15) is 14.4 Å². The maximum atomic E-state index is 13.1. The van der Waals surface area contributed by atoms with E-state index in [-0.39, 0.29) is 29.8 Å². The Morgan fingerprint density at radius 3 is 2.24 bits per heavy atom. The number of esters is 1. The van der Waals surface area contributed by atoms with Crippen molar-refractivity contribution in [3.8, 4) is 0 Å². The minimum absolute atomic E-state index is 0.102. The lowest BCUT2D eigenvalue weighted by molar-refractivity contribution is -0.154. The highest BCUT2D eigenvalue weighted by atomic mass is 16.5. The van der Waals surface area contributed by atoms with Gasteiger partial charge in [0.25, 0.3) is 5.91 Å². The normalized spacial score (nSPS) is 16.9. The van der Waals surface area contributed by atoms with E-state index in [1.54, 1.807) is 18.3 Å². The van der Waals surface area contributed by atoms with Gasteiger partial charge in [0.1, 0.15) is 12.1 Å². The molecular formula is C28H42N2O4. The van der Waals surface area contributed by atoms with Gasteiger partial charge < -0.3 is 15.4 Å². The van der Waals surface area contributed by atoms with Crippen LogP contribution in [-0.4, -0.2) is 34.8 Å². The lowest BCUT2D eigenvalue weighted by atomic mass is 9.99. The molecule has 0 spiro atoms. The molecule has 1 aromatic rings. The molecule has 2 rings (SSSR count). The SMILES string of the molecule is CCCCCC[C@H](CCCCC[C@@H](C)C(N)=O)OC(=O)[C@@H]1CC=CN1C(=O)c1ccc(C)cc1. The molecule has 0 radical (unpaired) electrons. The largest absolute Gasteiger partial charge is 0.461 e. The van der Waals surface area contributed by atoms with Crippen molar-refractivity contribution in [3.05, 3.63) is 47.7 Å². The number of carbonyl (C=O) groups is 3. The fraction of sp³-hybridized carbons (Fsp3) is 0.607. The van der Waals surface area contributed by atoms with Gasteiger partial charge in [0.2, 0.25) is 5.91 Å². The van der Waals surface area contributed by atoms with Crippen molar-refractivity contribution in [2.45, 2.75) is 104 Å². The van der Waals surface area contributed by atoms with E-state index in [1.165, 1.54) is 11.3 Å². The summed E-state index contributed by atoms with van der Waals surface area (Å²) >= 11 is 0. The minimum Gasteiger partial charge on any atom is -0.461 e. The van der Waals surface area contributed by atoms with Crippen LogP contribution in [0.5, 0.6) is 0 Å². The van der Waals surface area contributed by atoms with Crippen LogP contribution in [0.4, 0.5) is 0 Å². The lowest BCUT2D eigenvalue weighted by Gasteiger charge is -2.25. The van der Waals surface area contributed by atoms with Crippen LogP contribution in [0.15, 0.2) is 36.5 Å². The Labute approximate surface area is 204 Å². The van der Waals surface area contributed by atoms with Crippen LogP contribution in [0, 0.1) is 12.8 Å². The molecule has 0 saturated carbocycles. The summed E-state index contributed by atoms with van der Waals surface area (Å²) in [6.45, 7) is 6.01. The molecule has 1 heterocycles. The van der Waals surface area contributed by atoms with Crippen molar-refractivity contribution in [2.24, 2.45) is 11.7 Å². The molecule has 0 unspecified atom stereocenters. The van der Waals surface area contributed by atoms with Crippen LogP contribution in [-0.2, 0) is 14.3 Å². The number of amides is 2. The van der Waals surface area contributed by atoms with Gasteiger partial charge in [-0.2, -0.15) is 0 Å². The van der Waals surface area contributed by atoms with Crippen LogP contribution in [0.1, 0.15) is 100 Å². The Bertz CT molecular complexity index is 818. The molecule has 188 valence electrons. The molecule has 34 heavy (non-hydrogen) atoms. The predicted octanol–water partition coefficient (Wildman–Crippen LogP) is 5.68. The second kappa shape index (κ2) is 14.6. The summed E-state index contributed by atoms with van der Waals surface area (Å²) in [5.41, 5.74) is 6.99. The van der Waals surface area contributed by atoms with Crippen molar-refractivity contribution in [1.82, 2.24) is 4.90 Å². The van der Waals surface area contributed by atoms with Crippen LogP contribution in [0.3, 0.4) is 0 Å². The first kappa shape index (κ1) is 27.6. The molecule has 6 heteroatoms. The van der Waals surface area contributed by atoms with E-state index in [1.807, 2.05) is 32.1 Å². The van der Waals surface area contributed by atoms with Gasteiger partial charge in [-0.1, -0.05) is 69.7 Å². The number of hydrogen-bond acceptors (Lipinski definition) is 4. The summed E-state index contributed by atoms with van der Waals surface area (Å²) in [6, 6.07) is 6.78. The second-order valence-corrected chi connectivity index (χ2v) is 9.56. The van der Waals surface area contributed by atoms with Gasteiger partial charge in [0.05, 0.1) is 0 Å². The van der Waals surface area contributed by atoms with Crippen LogP contribution in [0.25, 0.3) is 0 Å². The van der Waals surface area contributed by atoms with Gasteiger partial charge >= 0.3 is 5.97 Å². The first-order valence-corrected chi connectivity index (χ1v) is 12.9. The van der Waals surface area contributed by atoms with E-state index in [2.05, 4.69) is 6.92 Å². The number of primary amides is 1. The molecule has 3 atom stereocenters. The molecule has 6 nitrogen and oxygen atoms in total. The van der Waals surface area contributed by atoms with Crippen LogP contribution in [0.2, 0.25) is 0 Å². The summed E-state index contributed by atoms with van der Waals surface area (Å²) in [5, 5.41) is 0. The monoisotopic (exact) mass is 470 g/mol. The van der Waals surface area contributed by atoms with E-state index in [4.69, 9.17) is 10.5 Å². The highest BCUT2D eigenvalue weighted by molar-refractivity contribution is 5.98. The van der Waals surface area contributed by atoms with Crippen LogP contribution >= 0.6 is 0 Å². The van der Waals surface area contributed by atoms with Crippen molar-refractivity contribution in [1.29, 1.82) is 0 Å². The number of ether oxygens (including phenoxy) is 1. The Morgan fingerprint density at radius 2 is 1.62 bits per heavy atom. The summed E-state index contributed by atoms with van der Waals surface area (Å²) in [7, 11) is 0. The Hall–Kier alpha value is -2.63. The first-order valence-electron chi connectivity index (χ1n) is 12.9. The molecule has 1 aliphatic rings. The molecular weight excluding hydrogens is 428 g/mol. The standard InChI is InChI=1S/C28H42N2O4/c1-4-5-6-9-13-24(14-10-7-8-12-22(3)26(29)31)34-28(33)25-15-11-20-30(25)27(32)23-18-16-21(2)17-19-23/h11,16-20,22,24-25H,4-10,12-15H2,1-3H3,(H2,29,31)/t22-,24-,25+/m1/s1. The van der Waals surface area contributed by atoms with Crippen molar-refractivity contribution >= 4 is 17.8 Å². The molecule has 1 aromatic carbocycles. The molecule has 0 aromatic heterocycles. The number of rotatable bonds is 15. The third-order valence-electron chi connectivity index (χ3n) is 6.58. The number of nitrogens with two attached hydrogens (primary N) is 1. The number of nitrogens with zero attached hydrogens (tertiary/aromatic N) is 1. The molecule has 2 N–H and O–H groups in total. The summed E-state index contributed by atoms with van der Waals surface area (Å²) in [5.74, 6) is -0.862. The summed E-state index contributed by atoms with van der Waals surface area (Å²) in [6.07, 6.45) is 13.7. The van der Waals surface area contributed by atoms with E-state index < -0.39 is 6.04 Å². The Kier molecular flexibility index (Phi) is 11.9. The third kappa shape index (κ3) is 8.96. The summed E-state index contributed by atoms with van der Waals surface area (Å²) < 4.78 is 5.97. The fourth-order valence-corrected chi connectivity index (χ4v) is 4.23. The zero-order chi connectivity index (χ0) is 24.9. The lowest BCUT2D eigenvalue weighted by Crippen LogP contribution is -2.41. The van der Waals surface area contributed by atoms with Gasteiger partial charge in [0, 0.05) is 17.7 Å². The smallest absolute Gasteiger partial charge is 0.329 e. The number of hydrogen-bond donors (Lipinski definition) is 1. The van der Waals surface area contributed by atoms with E-state index in [0.717, 1.165) is 63.4 Å². The van der Waals surface area contributed by atoms with Gasteiger partial charge in [-0.15, -0.1) is 0 Å². The zero-order valence-electron chi connectivity index (χ0n) is 21.1. The van der Waals surface area contributed by atoms with Gasteiger partial charge in [-0.3, -0.25) is 9.59 Å². The molecule has 0 saturated heterocycles. The van der Waals surface area contributed by atoms with Gasteiger partial charge in [-0.05, 0) is 57.6 Å². The number of benzene rings is 1. The highest BCUT2D eigenvalue weighted by Gasteiger charge is 2.34. The van der Waals surface area contributed by atoms with Crippen molar-refractivity contribution in [2.75, 3.05) is 0 Å². The molecule has 0 fully saturated rings.